The maximum Gasteiger partial charge on any atom is 0.243 e. The number of rotatable bonds is 2. The van der Waals surface area contributed by atoms with Crippen LogP contribution in [-0.4, -0.2) is 38.4 Å². The molecule has 0 spiro atoms. The Morgan fingerprint density at radius 1 is 1.44 bits per heavy atom. The number of piperazine rings is 1. The van der Waals surface area contributed by atoms with Crippen molar-refractivity contribution in [2.24, 2.45) is 0 Å². The molecule has 4 nitrogen and oxygen atoms in total. The molecule has 102 valence electrons. The average Bonchev–Trinajstić information content (AvgIpc) is 2.29. The molecule has 0 aliphatic carbocycles. The molecule has 0 saturated carbocycles. The van der Waals surface area contributed by atoms with E-state index in [2.05, 4.69) is 21.2 Å². The summed E-state index contributed by atoms with van der Waals surface area (Å²) in [7, 11) is -3.37. The first-order chi connectivity index (χ1) is 8.01. The molecule has 0 radical (unpaired) electrons. The lowest BCUT2D eigenvalue weighted by Gasteiger charge is -2.32. The molecule has 0 amide bonds. The quantitative estimate of drug-likeness (QED) is 0.881. The molecule has 1 fully saturated rings. The second kappa shape index (κ2) is 6.34. The zero-order chi connectivity index (χ0) is 12.5. The number of sulfonamides is 1. The van der Waals surface area contributed by atoms with Gasteiger partial charge in [-0.3, -0.25) is 0 Å². The topological polar surface area (TPSA) is 49.4 Å². The van der Waals surface area contributed by atoms with Crippen molar-refractivity contribution in [2.75, 3.05) is 19.6 Å². The number of hydrogen-bond acceptors (Lipinski definition) is 3. The minimum absolute atomic E-state index is 0. The summed E-state index contributed by atoms with van der Waals surface area (Å²) < 4.78 is 27.2. The molecule has 2 rings (SSSR count). The summed E-state index contributed by atoms with van der Waals surface area (Å²) in [4.78, 5) is 0.348. The summed E-state index contributed by atoms with van der Waals surface area (Å²) in [6.07, 6.45) is 0. The SMILES string of the molecule is C[C@@H]1CNCCN1S(=O)(=O)c1cccc(Br)c1.Cl. The van der Waals surface area contributed by atoms with Gasteiger partial charge in [0, 0.05) is 30.1 Å². The van der Waals surface area contributed by atoms with Crippen LogP contribution >= 0.6 is 28.3 Å². The zero-order valence-corrected chi connectivity index (χ0v) is 13.2. The Bertz CT molecular complexity index is 510. The molecule has 1 aliphatic heterocycles. The highest BCUT2D eigenvalue weighted by molar-refractivity contribution is 9.10. The van der Waals surface area contributed by atoms with Crippen molar-refractivity contribution in [1.82, 2.24) is 9.62 Å². The van der Waals surface area contributed by atoms with Crippen LogP contribution in [0.15, 0.2) is 33.6 Å². The molecule has 18 heavy (non-hydrogen) atoms. The van der Waals surface area contributed by atoms with Crippen molar-refractivity contribution in [1.29, 1.82) is 0 Å². The van der Waals surface area contributed by atoms with Crippen LogP contribution in [0, 0.1) is 0 Å². The van der Waals surface area contributed by atoms with Gasteiger partial charge in [0.05, 0.1) is 4.90 Å². The van der Waals surface area contributed by atoms with Crippen molar-refractivity contribution >= 4 is 38.4 Å². The molecule has 0 unspecified atom stereocenters. The van der Waals surface area contributed by atoms with Crippen LogP contribution in [0.4, 0.5) is 0 Å². The monoisotopic (exact) mass is 354 g/mol. The van der Waals surface area contributed by atoms with Gasteiger partial charge in [-0.25, -0.2) is 8.42 Å². The highest BCUT2D eigenvalue weighted by Crippen LogP contribution is 2.22. The highest BCUT2D eigenvalue weighted by atomic mass is 79.9. The number of nitrogens with zero attached hydrogens (tertiary/aromatic N) is 1. The number of benzene rings is 1. The first-order valence-electron chi connectivity index (χ1n) is 5.50. The van der Waals surface area contributed by atoms with E-state index < -0.39 is 10.0 Å². The van der Waals surface area contributed by atoms with Gasteiger partial charge in [0.1, 0.15) is 0 Å². The van der Waals surface area contributed by atoms with Crippen LogP contribution in [0.2, 0.25) is 0 Å². The van der Waals surface area contributed by atoms with Crippen LogP contribution in [0.25, 0.3) is 0 Å². The lowest BCUT2D eigenvalue weighted by Crippen LogP contribution is -2.52. The molecule has 1 aliphatic rings. The first kappa shape index (κ1) is 15.9. The van der Waals surface area contributed by atoms with E-state index in [1.165, 1.54) is 0 Å². The van der Waals surface area contributed by atoms with Crippen LogP contribution in [0.3, 0.4) is 0 Å². The summed E-state index contributed by atoms with van der Waals surface area (Å²) >= 11 is 3.30. The fraction of sp³-hybridized carbons (Fsp3) is 0.455. The van der Waals surface area contributed by atoms with E-state index in [0.29, 0.717) is 24.5 Å². The predicted octanol–water partition coefficient (Wildman–Crippen LogP) is 1.85. The number of halogens is 2. The van der Waals surface area contributed by atoms with Crippen LogP contribution in [0.1, 0.15) is 6.92 Å². The lowest BCUT2D eigenvalue weighted by molar-refractivity contribution is 0.284. The Balaban J connectivity index is 0.00000162. The highest BCUT2D eigenvalue weighted by Gasteiger charge is 2.30. The van der Waals surface area contributed by atoms with E-state index in [0.717, 1.165) is 4.47 Å². The second-order valence-corrected chi connectivity index (χ2v) is 6.93. The van der Waals surface area contributed by atoms with E-state index >= 15 is 0 Å². The van der Waals surface area contributed by atoms with Gasteiger partial charge in [-0.15, -0.1) is 12.4 Å². The minimum Gasteiger partial charge on any atom is -0.314 e. The molecular weight excluding hydrogens is 340 g/mol. The maximum atomic E-state index is 12.4. The Morgan fingerprint density at radius 2 is 2.17 bits per heavy atom. The molecule has 1 heterocycles. The van der Waals surface area contributed by atoms with Crippen molar-refractivity contribution in [2.45, 2.75) is 17.9 Å². The molecule has 1 N–H and O–H groups in total. The molecule has 0 aromatic heterocycles. The van der Waals surface area contributed by atoms with E-state index in [1.54, 1.807) is 22.5 Å². The summed E-state index contributed by atoms with van der Waals surface area (Å²) in [6, 6.07) is 6.83. The zero-order valence-electron chi connectivity index (χ0n) is 9.97. The van der Waals surface area contributed by atoms with Gasteiger partial charge in [0.2, 0.25) is 10.0 Å². The molecule has 1 aromatic carbocycles. The summed E-state index contributed by atoms with van der Waals surface area (Å²) in [5.41, 5.74) is 0. The third kappa shape index (κ3) is 3.24. The number of nitrogens with one attached hydrogen (secondary N) is 1. The van der Waals surface area contributed by atoms with Crippen LogP contribution in [0.5, 0.6) is 0 Å². The van der Waals surface area contributed by atoms with Gasteiger partial charge < -0.3 is 5.32 Å². The predicted molar refractivity (Wildman–Crippen MR) is 77.6 cm³/mol. The van der Waals surface area contributed by atoms with Crippen LogP contribution in [-0.2, 0) is 10.0 Å². The smallest absolute Gasteiger partial charge is 0.243 e. The van der Waals surface area contributed by atoms with E-state index in [-0.39, 0.29) is 18.4 Å². The van der Waals surface area contributed by atoms with Gasteiger partial charge in [0.15, 0.2) is 0 Å². The van der Waals surface area contributed by atoms with Gasteiger partial charge in [-0.1, -0.05) is 22.0 Å². The van der Waals surface area contributed by atoms with Crippen molar-refractivity contribution in [3.05, 3.63) is 28.7 Å². The average molecular weight is 356 g/mol. The fourth-order valence-electron chi connectivity index (χ4n) is 1.94. The van der Waals surface area contributed by atoms with Crippen LogP contribution < -0.4 is 5.32 Å². The molecule has 1 atom stereocenters. The van der Waals surface area contributed by atoms with Gasteiger partial charge in [0.25, 0.3) is 0 Å². The number of hydrogen-bond donors (Lipinski definition) is 1. The standard InChI is InChI=1S/C11H15BrN2O2S.ClH/c1-9-8-13-5-6-14(9)17(15,16)11-4-2-3-10(12)7-11;/h2-4,7,9,13H,5-6,8H2,1H3;1H/t9-;/m1./s1. The largest absolute Gasteiger partial charge is 0.314 e. The van der Waals surface area contributed by atoms with E-state index in [9.17, 15) is 8.42 Å². The van der Waals surface area contributed by atoms with Crippen molar-refractivity contribution in [3.63, 3.8) is 0 Å². The normalized spacial score (nSPS) is 21.3. The third-order valence-corrected chi connectivity index (χ3v) is 5.35. The van der Waals surface area contributed by atoms with Gasteiger partial charge in [-0.05, 0) is 25.1 Å². The molecule has 1 aromatic rings. The van der Waals surface area contributed by atoms with Crippen molar-refractivity contribution < 1.29 is 8.42 Å². The van der Waals surface area contributed by atoms with E-state index in [1.807, 2.05) is 13.0 Å². The molecule has 0 bridgehead atoms. The summed E-state index contributed by atoms with van der Waals surface area (Å²) in [5, 5.41) is 3.18. The Hall–Kier alpha value is -0.140. The maximum absolute atomic E-state index is 12.4. The Morgan fingerprint density at radius 3 is 2.78 bits per heavy atom. The van der Waals surface area contributed by atoms with Gasteiger partial charge in [-0.2, -0.15) is 4.31 Å². The summed E-state index contributed by atoms with van der Waals surface area (Å²) in [5.74, 6) is 0. The Kier molecular flexibility index (Phi) is 5.61. The van der Waals surface area contributed by atoms with Crippen molar-refractivity contribution in [3.8, 4) is 0 Å². The second-order valence-electron chi connectivity index (χ2n) is 4.13. The first-order valence-corrected chi connectivity index (χ1v) is 7.73. The molecule has 7 heteroatoms. The summed E-state index contributed by atoms with van der Waals surface area (Å²) in [6.45, 7) is 3.85. The Labute approximate surface area is 122 Å². The molecular formula is C11H16BrClN2O2S. The fourth-order valence-corrected chi connectivity index (χ4v) is 4.17. The third-order valence-electron chi connectivity index (χ3n) is 2.84. The van der Waals surface area contributed by atoms with E-state index in [4.69, 9.17) is 0 Å². The minimum atomic E-state index is -3.37. The molecule has 1 saturated heterocycles. The van der Waals surface area contributed by atoms with Gasteiger partial charge >= 0.3 is 0 Å². The lowest BCUT2D eigenvalue weighted by atomic mass is 10.3.